The fourth-order valence-corrected chi connectivity index (χ4v) is 6.22. The first-order valence-corrected chi connectivity index (χ1v) is 10.4. The lowest BCUT2D eigenvalue weighted by Gasteiger charge is -2.23. The van der Waals surface area contributed by atoms with Crippen LogP contribution in [0.25, 0.3) is 0 Å². The molecule has 0 aliphatic heterocycles. The van der Waals surface area contributed by atoms with E-state index in [-0.39, 0.29) is 17.2 Å². The van der Waals surface area contributed by atoms with Gasteiger partial charge in [-0.25, -0.2) is 16.8 Å². The summed E-state index contributed by atoms with van der Waals surface area (Å²) in [5.41, 5.74) is 0.185. The van der Waals surface area contributed by atoms with E-state index in [9.17, 15) is 16.8 Å². The van der Waals surface area contributed by atoms with Crippen LogP contribution in [0.5, 0.6) is 0 Å². The van der Waals surface area contributed by atoms with Crippen molar-refractivity contribution >= 4 is 25.7 Å². The van der Waals surface area contributed by atoms with Gasteiger partial charge in [0.15, 0.2) is 0 Å². The Morgan fingerprint density at radius 1 is 0.810 bits per heavy atom. The van der Waals surface area contributed by atoms with Crippen LogP contribution in [0.2, 0.25) is 0 Å². The molecule has 0 saturated heterocycles. The molecule has 0 fully saturated rings. The molecule has 5 nitrogen and oxygen atoms in total. The van der Waals surface area contributed by atoms with Gasteiger partial charge in [0.2, 0.25) is 20.0 Å². The number of rotatable bonds is 9. The number of sulfonamides is 2. The van der Waals surface area contributed by atoms with E-state index < -0.39 is 20.0 Å². The predicted molar refractivity (Wildman–Crippen MR) is 86.3 cm³/mol. The van der Waals surface area contributed by atoms with E-state index in [4.69, 9.17) is 0 Å². The summed E-state index contributed by atoms with van der Waals surface area (Å²) in [6, 6.07) is 8.00. The van der Waals surface area contributed by atoms with Crippen molar-refractivity contribution in [3.8, 4) is 0 Å². The summed E-state index contributed by atoms with van der Waals surface area (Å²) >= 11 is 0. The molecule has 0 amide bonds. The molecule has 120 valence electrons. The Kier molecular flexibility index (Phi) is 6.67. The van der Waals surface area contributed by atoms with E-state index in [1.165, 1.54) is 12.1 Å². The monoisotopic (exact) mass is 333 g/mol. The van der Waals surface area contributed by atoms with Crippen molar-refractivity contribution in [1.82, 2.24) is 0 Å². The fourth-order valence-electron chi connectivity index (χ4n) is 1.86. The number of unbranched alkanes of at least 4 members (excludes halogenated alkanes) is 2. The maximum Gasteiger partial charge on any atom is 0.248 e. The molecular formula is C14H23NO4S2. The molecule has 21 heavy (non-hydrogen) atoms. The highest BCUT2D eigenvalue weighted by Gasteiger charge is 2.33. The Morgan fingerprint density at radius 3 is 1.62 bits per heavy atom. The zero-order valence-corrected chi connectivity index (χ0v) is 14.2. The molecule has 0 aliphatic carbocycles. The summed E-state index contributed by atoms with van der Waals surface area (Å²) < 4.78 is 50.4. The molecule has 0 N–H and O–H groups in total. The molecular weight excluding hydrogens is 310 g/mol. The molecule has 0 bridgehead atoms. The third kappa shape index (κ3) is 5.00. The summed E-state index contributed by atoms with van der Waals surface area (Å²) in [7, 11) is -7.76. The van der Waals surface area contributed by atoms with E-state index in [0.717, 1.165) is 0 Å². The molecule has 0 unspecified atom stereocenters. The van der Waals surface area contributed by atoms with Crippen molar-refractivity contribution in [3.63, 3.8) is 0 Å². The minimum atomic E-state index is -3.88. The van der Waals surface area contributed by atoms with Crippen LogP contribution in [0.1, 0.15) is 39.5 Å². The van der Waals surface area contributed by atoms with E-state index in [0.29, 0.717) is 29.4 Å². The van der Waals surface area contributed by atoms with Gasteiger partial charge in [0.1, 0.15) is 0 Å². The zero-order chi connectivity index (χ0) is 15.9. The molecule has 0 aromatic heterocycles. The molecule has 1 aromatic carbocycles. The van der Waals surface area contributed by atoms with Gasteiger partial charge in [0, 0.05) is 0 Å². The van der Waals surface area contributed by atoms with Crippen LogP contribution in [-0.2, 0) is 20.0 Å². The standard InChI is InChI=1S/C14H23NO4S2/c1-3-5-12-20(16,17)15(14-10-8-7-9-11-14)21(18,19)13-6-4-2/h7-11H,3-6,12-13H2,1-2H3. The SMILES string of the molecule is CCCCS(=O)(=O)N(c1ccccc1)S(=O)(=O)CCCC. The van der Waals surface area contributed by atoms with E-state index in [1.54, 1.807) is 18.2 Å². The van der Waals surface area contributed by atoms with Crippen molar-refractivity contribution < 1.29 is 16.8 Å². The molecule has 1 aromatic rings. The van der Waals surface area contributed by atoms with Gasteiger partial charge < -0.3 is 0 Å². The topological polar surface area (TPSA) is 71.5 Å². The van der Waals surface area contributed by atoms with Gasteiger partial charge in [0.25, 0.3) is 0 Å². The van der Waals surface area contributed by atoms with Gasteiger partial charge in [-0.05, 0) is 25.0 Å². The lowest BCUT2D eigenvalue weighted by molar-refractivity contribution is 0.580. The highest BCUT2D eigenvalue weighted by Crippen LogP contribution is 2.23. The van der Waals surface area contributed by atoms with E-state index in [2.05, 4.69) is 0 Å². The predicted octanol–water partition coefficient (Wildman–Crippen LogP) is 2.75. The smallest absolute Gasteiger partial charge is 0.205 e. The molecule has 0 atom stereocenters. The Labute approximate surface area is 128 Å². The quantitative estimate of drug-likeness (QED) is 0.696. The second-order valence-electron chi connectivity index (χ2n) is 4.87. The highest BCUT2D eigenvalue weighted by molar-refractivity contribution is 8.10. The van der Waals surface area contributed by atoms with Crippen LogP contribution in [0.3, 0.4) is 0 Å². The zero-order valence-electron chi connectivity index (χ0n) is 12.5. The summed E-state index contributed by atoms with van der Waals surface area (Å²) in [5.74, 6) is -0.326. The molecule has 1 rings (SSSR count). The second kappa shape index (κ2) is 7.79. The first-order chi connectivity index (χ1) is 9.85. The maximum absolute atomic E-state index is 12.4. The molecule has 0 heterocycles. The van der Waals surface area contributed by atoms with Gasteiger partial charge >= 0.3 is 0 Å². The largest absolute Gasteiger partial charge is 0.248 e. The molecule has 0 spiro atoms. The number of nitrogens with zero attached hydrogens (tertiary/aromatic N) is 1. The van der Waals surface area contributed by atoms with Crippen molar-refractivity contribution in [3.05, 3.63) is 30.3 Å². The van der Waals surface area contributed by atoms with Gasteiger partial charge in [-0.3, -0.25) is 0 Å². The number of benzene rings is 1. The first kappa shape index (κ1) is 18.0. The lowest BCUT2D eigenvalue weighted by Crippen LogP contribution is -2.40. The molecule has 0 saturated carbocycles. The van der Waals surface area contributed by atoms with E-state index in [1.807, 2.05) is 13.8 Å². The van der Waals surface area contributed by atoms with Gasteiger partial charge in [-0.15, -0.1) is 0 Å². The van der Waals surface area contributed by atoms with Crippen molar-refractivity contribution in [2.45, 2.75) is 39.5 Å². The number of para-hydroxylation sites is 1. The molecule has 0 radical (unpaired) electrons. The summed E-state index contributed by atoms with van der Waals surface area (Å²) in [4.78, 5) is 0. The summed E-state index contributed by atoms with van der Waals surface area (Å²) in [6.45, 7) is 3.74. The Hall–Kier alpha value is -1.08. The average Bonchev–Trinajstić information content (AvgIpc) is 2.44. The number of hydrogen-bond acceptors (Lipinski definition) is 4. The first-order valence-electron chi connectivity index (χ1n) is 7.16. The van der Waals surface area contributed by atoms with Crippen LogP contribution < -0.4 is 3.71 Å². The van der Waals surface area contributed by atoms with Crippen molar-refractivity contribution in [2.24, 2.45) is 0 Å². The highest BCUT2D eigenvalue weighted by atomic mass is 32.3. The average molecular weight is 333 g/mol. The summed E-state index contributed by atoms with van der Waals surface area (Å²) in [6.07, 6.45) is 2.26. The van der Waals surface area contributed by atoms with Gasteiger partial charge in [0.05, 0.1) is 17.2 Å². The normalized spacial score (nSPS) is 12.3. The Balaban J connectivity index is 3.25. The van der Waals surface area contributed by atoms with Crippen LogP contribution in [0.15, 0.2) is 30.3 Å². The van der Waals surface area contributed by atoms with Crippen LogP contribution >= 0.6 is 0 Å². The van der Waals surface area contributed by atoms with Crippen molar-refractivity contribution in [1.29, 1.82) is 0 Å². The van der Waals surface area contributed by atoms with E-state index >= 15 is 0 Å². The van der Waals surface area contributed by atoms with Crippen molar-refractivity contribution in [2.75, 3.05) is 15.2 Å². The minimum absolute atomic E-state index is 0.163. The second-order valence-corrected chi connectivity index (χ2v) is 8.98. The number of anilines is 1. The van der Waals surface area contributed by atoms with Gasteiger partial charge in [-0.2, -0.15) is 3.71 Å². The van der Waals surface area contributed by atoms with Crippen LogP contribution in [0, 0.1) is 0 Å². The maximum atomic E-state index is 12.4. The van der Waals surface area contributed by atoms with Crippen LogP contribution in [-0.4, -0.2) is 28.3 Å². The van der Waals surface area contributed by atoms with Crippen LogP contribution in [0.4, 0.5) is 5.69 Å². The third-order valence-electron chi connectivity index (χ3n) is 2.98. The van der Waals surface area contributed by atoms with Gasteiger partial charge in [-0.1, -0.05) is 44.9 Å². The minimum Gasteiger partial charge on any atom is -0.205 e. The summed E-state index contributed by atoms with van der Waals surface area (Å²) in [5, 5.41) is 0. The third-order valence-corrected chi connectivity index (χ3v) is 7.39. The Bertz CT molecular complexity index is 586. The molecule has 0 aliphatic rings. The fraction of sp³-hybridized carbons (Fsp3) is 0.571. The molecule has 7 heteroatoms. The number of hydrogen-bond donors (Lipinski definition) is 0. The lowest BCUT2D eigenvalue weighted by atomic mass is 10.3. The Morgan fingerprint density at radius 2 is 1.24 bits per heavy atom.